The van der Waals surface area contributed by atoms with E-state index in [9.17, 15) is 10.0 Å². The first-order valence-electron chi connectivity index (χ1n) is 6.75. The molecule has 112 valence electrons. The molecule has 2 N–H and O–H groups in total. The third-order valence-electron chi connectivity index (χ3n) is 3.27. The van der Waals surface area contributed by atoms with Crippen molar-refractivity contribution in [1.82, 2.24) is 4.90 Å². The zero-order valence-corrected chi connectivity index (χ0v) is 12.7. The van der Waals surface area contributed by atoms with Crippen LogP contribution in [0.5, 0.6) is 5.75 Å². The Bertz CT molecular complexity index is 412. The summed E-state index contributed by atoms with van der Waals surface area (Å²) < 4.78 is 10.2. The van der Waals surface area contributed by atoms with Gasteiger partial charge >= 0.3 is 7.12 Å². The Kier molecular flexibility index (Phi) is 7.02. The smallest absolute Gasteiger partial charge is 0.492 e. The predicted octanol–water partition coefficient (Wildman–Crippen LogP) is 0.232. The van der Waals surface area contributed by atoms with Crippen molar-refractivity contribution in [3.05, 3.63) is 23.8 Å². The van der Waals surface area contributed by atoms with Gasteiger partial charge < -0.3 is 19.5 Å². The minimum absolute atomic E-state index is 0.384. The van der Waals surface area contributed by atoms with Crippen LogP contribution in [0.25, 0.3) is 0 Å². The lowest BCUT2D eigenvalue weighted by Gasteiger charge is -2.26. The van der Waals surface area contributed by atoms with E-state index in [1.54, 1.807) is 19.2 Å². The summed E-state index contributed by atoms with van der Waals surface area (Å²) in [5.74, 6) is 0.483. The largest absolute Gasteiger partial charge is 0.497 e. The van der Waals surface area contributed by atoms with Gasteiger partial charge in [-0.15, -0.1) is 0 Å². The summed E-state index contributed by atoms with van der Waals surface area (Å²) in [6.07, 6.45) is 0. The van der Waals surface area contributed by atoms with Gasteiger partial charge in [-0.25, -0.2) is 0 Å². The summed E-state index contributed by atoms with van der Waals surface area (Å²) in [7, 11) is 1.67. The Morgan fingerprint density at radius 1 is 1.25 bits per heavy atom. The van der Waals surface area contributed by atoms with Crippen molar-refractivity contribution in [1.29, 1.82) is 0 Å². The molecule has 20 heavy (non-hydrogen) atoms. The van der Waals surface area contributed by atoms with Crippen molar-refractivity contribution >= 4 is 12.6 Å². The van der Waals surface area contributed by atoms with Crippen LogP contribution in [0.1, 0.15) is 19.4 Å². The van der Waals surface area contributed by atoms with E-state index in [1.807, 2.05) is 6.07 Å². The van der Waals surface area contributed by atoms with E-state index in [0.29, 0.717) is 23.9 Å². The number of methoxy groups -OCH3 is 2. The van der Waals surface area contributed by atoms with Crippen LogP contribution in [0.3, 0.4) is 0 Å². The molecule has 0 unspecified atom stereocenters. The second-order valence-corrected chi connectivity index (χ2v) is 5.01. The van der Waals surface area contributed by atoms with E-state index in [0.717, 1.165) is 18.7 Å². The molecule has 0 saturated carbocycles. The van der Waals surface area contributed by atoms with Crippen LogP contribution in [0.2, 0.25) is 0 Å². The summed E-state index contributed by atoms with van der Waals surface area (Å²) in [5, 5.41) is 18.8. The van der Waals surface area contributed by atoms with Gasteiger partial charge in [-0.2, -0.15) is 0 Å². The Morgan fingerprint density at radius 2 is 1.95 bits per heavy atom. The quantitative estimate of drug-likeness (QED) is 0.668. The molecule has 0 aliphatic heterocycles. The summed E-state index contributed by atoms with van der Waals surface area (Å²) in [6.45, 7) is 6.48. The number of hydrogen-bond donors (Lipinski definition) is 2. The molecule has 5 nitrogen and oxygen atoms in total. The number of ether oxygens (including phenoxy) is 2. The number of nitrogens with zero attached hydrogens (tertiary/aromatic N) is 1. The van der Waals surface area contributed by atoms with Gasteiger partial charge in [-0.1, -0.05) is 12.1 Å². The van der Waals surface area contributed by atoms with E-state index in [-0.39, 0.29) is 0 Å². The lowest BCUT2D eigenvalue weighted by molar-refractivity contribution is 0.125. The first kappa shape index (κ1) is 17.0. The van der Waals surface area contributed by atoms with Gasteiger partial charge in [-0.3, -0.25) is 4.90 Å². The highest BCUT2D eigenvalue weighted by molar-refractivity contribution is 6.59. The highest BCUT2D eigenvalue weighted by Crippen LogP contribution is 2.13. The number of benzene rings is 1. The summed E-state index contributed by atoms with van der Waals surface area (Å²) in [6, 6.07) is 5.85. The molecular weight excluding hydrogens is 257 g/mol. The third-order valence-corrected chi connectivity index (χ3v) is 3.27. The fourth-order valence-corrected chi connectivity index (χ4v) is 2.05. The number of rotatable bonds is 8. The molecule has 1 rings (SSSR count). The van der Waals surface area contributed by atoms with Crippen molar-refractivity contribution < 1.29 is 19.5 Å². The van der Waals surface area contributed by atoms with Gasteiger partial charge in [0.1, 0.15) is 5.75 Å². The van der Waals surface area contributed by atoms with Gasteiger partial charge in [0.15, 0.2) is 0 Å². The van der Waals surface area contributed by atoms with Crippen LogP contribution < -0.4 is 10.2 Å². The van der Waals surface area contributed by atoms with Gasteiger partial charge in [0, 0.05) is 31.7 Å². The standard InChI is InChI=1S/C14H24BNO4/c1-11(2)16(7-8-19-3)10-12-5-6-14(20-4)13(9-12)15(17)18/h5-6,9,11,17-18H,7-8,10H2,1-4H3. The molecule has 0 atom stereocenters. The number of hydrogen-bond acceptors (Lipinski definition) is 5. The monoisotopic (exact) mass is 281 g/mol. The molecule has 1 aromatic rings. The summed E-state index contributed by atoms with van der Waals surface area (Å²) >= 11 is 0. The molecule has 0 amide bonds. The normalized spacial score (nSPS) is 11.2. The minimum atomic E-state index is -1.53. The van der Waals surface area contributed by atoms with Crippen molar-refractivity contribution in [2.24, 2.45) is 0 Å². The van der Waals surface area contributed by atoms with Crippen molar-refractivity contribution in [2.45, 2.75) is 26.4 Å². The Balaban J connectivity index is 2.87. The summed E-state index contributed by atoms with van der Waals surface area (Å²) in [5.41, 5.74) is 1.40. The fraction of sp³-hybridized carbons (Fsp3) is 0.571. The van der Waals surface area contributed by atoms with Gasteiger partial charge in [0.05, 0.1) is 13.7 Å². The molecule has 0 aliphatic carbocycles. The molecule has 1 aromatic carbocycles. The highest BCUT2D eigenvalue weighted by Gasteiger charge is 2.18. The van der Waals surface area contributed by atoms with E-state index in [2.05, 4.69) is 18.7 Å². The van der Waals surface area contributed by atoms with Crippen molar-refractivity contribution in [2.75, 3.05) is 27.4 Å². The molecule has 0 bridgehead atoms. The Labute approximate surface area is 121 Å². The highest BCUT2D eigenvalue weighted by atomic mass is 16.5. The van der Waals surface area contributed by atoms with Crippen LogP contribution in [-0.2, 0) is 11.3 Å². The maximum absolute atomic E-state index is 9.39. The summed E-state index contributed by atoms with van der Waals surface area (Å²) in [4.78, 5) is 2.26. The van der Waals surface area contributed by atoms with Crippen LogP contribution in [0.4, 0.5) is 0 Å². The molecule has 0 aromatic heterocycles. The molecular formula is C14H24BNO4. The Morgan fingerprint density at radius 3 is 2.45 bits per heavy atom. The van der Waals surface area contributed by atoms with Gasteiger partial charge in [-0.05, 0) is 25.5 Å². The molecule has 0 aliphatic rings. The fourth-order valence-electron chi connectivity index (χ4n) is 2.05. The zero-order valence-electron chi connectivity index (χ0n) is 12.7. The maximum Gasteiger partial charge on any atom is 0.492 e. The second-order valence-electron chi connectivity index (χ2n) is 5.01. The first-order chi connectivity index (χ1) is 9.49. The average Bonchev–Trinajstić information content (AvgIpc) is 2.42. The maximum atomic E-state index is 9.39. The molecule has 0 radical (unpaired) electrons. The first-order valence-corrected chi connectivity index (χ1v) is 6.75. The van der Waals surface area contributed by atoms with E-state index < -0.39 is 7.12 Å². The molecule has 0 saturated heterocycles. The van der Waals surface area contributed by atoms with Crippen LogP contribution in [-0.4, -0.2) is 55.5 Å². The SMILES string of the molecule is COCCN(Cc1ccc(OC)c(B(O)O)c1)C(C)C. The van der Waals surface area contributed by atoms with Crippen LogP contribution >= 0.6 is 0 Å². The lowest BCUT2D eigenvalue weighted by Crippen LogP contribution is -2.35. The predicted molar refractivity (Wildman–Crippen MR) is 80.2 cm³/mol. The lowest BCUT2D eigenvalue weighted by atomic mass is 9.78. The molecule has 0 spiro atoms. The molecule has 0 fully saturated rings. The van der Waals surface area contributed by atoms with Crippen molar-refractivity contribution in [3.8, 4) is 5.75 Å². The third kappa shape index (κ3) is 4.79. The van der Waals surface area contributed by atoms with E-state index >= 15 is 0 Å². The minimum Gasteiger partial charge on any atom is -0.497 e. The van der Waals surface area contributed by atoms with Crippen LogP contribution in [0, 0.1) is 0 Å². The Hall–Kier alpha value is -1.08. The van der Waals surface area contributed by atoms with Gasteiger partial charge in [0.25, 0.3) is 0 Å². The zero-order chi connectivity index (χ0) is 15.1. The van der Waals surface area contributed by atoms with E-state index in [1.165, 1.54) is 7.11 Å². The molecule has 0 heterocycles. The van der Waals surface area contributed by atoms with Gasteiger partial charge in [0.2, 0.25) is 0 Å². The topological polar surface area (TPSA) is 62.2 Å². The second kappa shape index (κ2) is 8.27. The molecule has 6 heteroatoms. The average molecular weight is 281 g/mol. The van der Waals surface area contributed by atoms with E-state index in [4.69, 9.17) is 9.47 Å². The van der Waals surface area contributed by atoms with Crippen molar-refractivity contribution in [3.63, 3.8) is 0 Å². The van der Waals surface area contributed by atoms with Crippen LogP contribution in [0.15, 0.2) is 18.2 Å².